The van der Waals surface area contributed by atoms with Crippen LogP contribution in [0.4, 0.5) is 16.2 Å². The number of hydrogen-bond acceptors (Lipinski definition) is 4. The van der Waals surface area contributed by atoms with E-state index in [0.29, 0.717) is 29.2 Å². The standard InChI is InChI=1S/C36H38N4O3/c41-35(40-24-12-19-31(40)26-39-22-10-11-23-39)32-25-30(38-36(42)37-29-17-8-3-9-18-29)20-21-33(32)43-34(27-13-4-1-5-14-27)28-15-6-2-7-16-28/h1-9,13-18,20-21,25,31,34H,10-12,19,22-24,26H2,(H2,37,38,42). The van der Waals surface area contributed by atoms with E-state index in [1.165, 1.54) is 12.8 Å². The lowest BCUT2D eigenvalue weighted by Crippen LogP contribution is -2.42. The van der Waals surface area contributed by atoms with E-state index in [2.05, 4.69) is 15.5 Å². The highest BCUT2D eigenvalue weighted by Crippen LogP contribution is 2.34. The van der Waals surface area contributed by atoms with Crippen molar-refractivity contribution >= 4 is 23.3 Å². The Morgan fingerprint density at radius 3 is 1.98 bits per heavy atom. The number of benzene rings is 4. The summed E-state index contributed by atoms with van der Waals surface area (Å²) in [5.74, 6) is 0.423. The van der Waals surface area contributed by atoms with Crippen LogP contribution in [0.25, 0.3) is 0 Å². The molecule has 43 heavy (non-hydrogen) atoms. The van der Waals surface area contributed by atoms with Crippen molar-refractivity contribution in [2.45, 2.75) is 37.8 Å². The van der Waals surface area contributed by atoms with Gasteiger partial charge in [0.15, 0.2) is 0 Å². The number of hydrogen-bond donors (Lipinski definition) is 2. The molecule has 2 fully saturated rings. The highest BCUT2D eigenvalue weighted by molar-refractivity contribution is 6.02. The summed E-state index contributed by atoms with van der Waals surface area (Å²) in [5, 5.41) is 5.75. The number of carbonyl (C=O) groups is 2. The summed E-state index contributed by atoms with van der Waals surface area (Å²) in [4.78, 5) is 31.7. The number of para-hydroxylation sites is 1. The number of nitrogens with zero attached hydrogens (tertiary/aromatic N) is 2. The van der Waals surface area contributed by atoms with Gasteiger partial charge < -0.3 is 25.2 Å². The molecular formula is C36H38N4O3. The minimum Gasteiger partial charge on any atom is -0.480 e. The largest absolute Gasteiger partial charge is 0.480 e. The van der Waals surface area contributed by atoms with Crippen molar-refractivity contribution in [3.8, 4) is 5.75 Å². The second kappa shape index (κ2) is 13.6. The molecule has 2 heterocycles. The third-order valence-corrected chi connectivity index (χ3v) is 8.25. The monoisotopic (exact) mass is 574 g/mol. The van der Waals surface area contributed by atoms with Crippen LogP contribution in [0.2, 0.25) is 0 Å². The number of anilines is 2. The number of ether oxygens (including phenoxy) is 1. The lowest BCUT2D eigenvalue weighted by molar-refractivity contribution is 0.0702. The third-order valence-electron chi connectivity index (χ3n) is 8.25. The van der Waals surface area contributed by atoms with E-state index in [1.807, 2.05) is 95.9 Å². The quantitative estimate of drug-likeness (QED) is 0.222. The van der Waals surface area contributed by atoms with Crippen LogP contribution in [0.5, 0.6) is 5.75 Å². The molecule has 7 nitrogen and oxygen atoms in total. The lowest BCUT2D eigenvalue weighted by Gasteiger charge is -2.30. The van der Waals surface area contributed by atoms with Gasteiger partial charge in [-0.05, 0) is 80.2 Å². The summed E-state index contributed by atoms with van der Waals surface area (Å²) in [6, 6.07) is 34.5. The molecular weight excluding hydrogens is 536 g/mol. The molecule has 0 spiro atoms. The molecule has 1 unspecified atom stereocenters. The Balaban J connectivity index is 1.31. The maximum atomic E-state index is 14.3. The number of nitrogens with one attached hydrogen (secondary N) is 2. The van der Waals surface area contributed by atoms with E-state index in [1.54, 1.807) is 18.2 Å². The summed E-state index contributed by atoms with van der Waals surface area (Å²) in [7, 11) is 0. The predicted octanol–water partition coefficient (Wildman–Crippen LogP) is 7.20. The van der Waals surface area contributed by atoms with Crippen molar-refractivity contribution in [1.29, 1.82) is 0 Å². The Labute approximate surface area is 253 Å². The average Bonchev–Trinajstić information content (AvgIpc) is 3.74. The molecule has 2 aliphatic heterocycles. The molecule has 0 bridgehead atoms. The Hall–Kier alpha value is -4.62. The number of carbonyl (C=O) groups excluding carboxylic acids is 2. The van der Waals surface area contributed by atoms with Crippen molar-refractivity contribution in [3.05, 3.63) is 126 Å². The van der Waals surface area contributed by atoms with Gasteiger partial charge in [0.25, 0.3) is 5.91 Å². The molecule has 0 aliphatic carbocycles. The molecule has 4 aromatic rings. The van der Waals surface area contributed by atoms with E-state index < -0.39 is 6.10 Å². The van der Waals surface area contributed by atoms with Crippen LogP contribution in [0.1, 0.15) is 53.3 Å². The van der Waals surface area contributed by atoms with E-state index in [9.17, 15) is 9.59 Å². The first-order chi connectivity index (χ1) is 21.1. The first-order valence-corrected chi connectivity index (χ1v) is 15.2. The van der Waals surface area contributed by atoms with Crippen molar-refractivity contribution in [2.24, 2.45) is 0 Å². The molecule has 3 amide bonds. The fraction of sp³-hybridized carbons (Fsp3) is 0.278. The zero-order valence-electron chi connectivity index (χ0n) is 24.3. The third kappa shape index (κ3) is 7.07. The van der Waals surface area contributed by atoms with Gasteiger partial charge in [0.05, 0.1) is 5.56 Å². The first-order valence-electron chi connectivity index (χ1n) is 15.2. The Kier molecular flexibility index (Phi) is 8.99. The fourth-order valence-corrected chi connectivity index (χ4v) is 6.11. The minimum absolute atomic E-state index is 0.0660. The number of amides is 3. The van der Waals surface area contributed by atoms with Gasteiger partial charge >= 0.3 is 6.03 Å². The summed E-state index contributed by atoms with van der Waals surface area (Å²) in [6.07, 6.45) is 4.00. The number of likely N-dealkylation sites (tertiary alicyclic amines) is 2. The van der Waals surface area contributed by atoms with E-state index in [4.69, 9.17) is 4.74 Å². The molecule has 2 saturated heterocycles. The van der Waals surface area contributed by atoms with E-state index in [-0.39, 0.29) is 18.0 Å². The van der Waals surface area contributed by atoms with Crippen LogP contribution in [0.3, 0.4) is 0 Å². The normalized spacial score (nSPS) is 16.8. The SMILES string of the molecule is O=C(Nc1ccccc1)Nc1ccc(OC(c2ccccc2)c2ccccc2)c(C(=O)N2CCCC2CN2CCCC2)c1. The second-order valence-electron chi connectivity index (χ2n) is 11.3. The molecule has 6 rings (SSSR count). The van der Waals surface area contributed by atoms with Gasteiger partial charge in [-0.1, -0.05) is 78.9 Å². The topological polar surface area (TPSA) is 73.9 Å². The van der Waals surface area contributed by atoms with Gasteiger partial charge in [0.1, 0.15) is 11.9 Å². The molecule has 4 aromatic carbocycles. The van der Waals surface area contributed by atoms with Gasteiger partial charge in [-0.25, -0.2) is 4.79 Å². The minimum atomic E-state index is -0.409. The Morgan fingerprint density at radius 2 is 1.33 bits per heavy atom. The van der Waals surface area contributed by atoms with Gasteiger partial charge in [-0.2, -0.15) is 0 Å². The summed E-state index contributed by atoms with van der Waals surface area (Å²) in [6.45, 7) is 3.80. The predicted molar refractivity (Wildman–Crippen MR) is 171 cm³/mol. The lowest BCUT2D eigenvalue weighted by atomic mass is 10.0. The van der Waals surface area contributed by atoms with Crippen molar-refractivity contribution in [2.75, 3.05) is 36.8 Å². The highest BCUT2D eigenvalue weighted by atomic mass is 16.5. The molecule has 0 radical (unpaired) electrons. The smallest absolute Gasteiger partial charge is 0.323 e. The molecule has 2 aliphatic rings. The molecule has 220 valence electrons. The van der Waals surface area contributed by atoms with Gasteiger partial charge in [0, 0.05) is 30.5 Å². The van der Waals surface area contributed by atoms with Crippen LogP contribution in [-0.2, 0) is 0 Å². The van der Waals surface area contributed by atoms with Crippen LogP contribution < -0.4 is 15.4 Å². The van der Waals surface area contributed by atoms with E-state index in [0.717, 1.165) is 43.6 Å². The Morgan fingerprint density at radius 1 is 0.721 bits per heavy atom. The average molecular weight is 575 g/mol. The van der Waals surface area contributed by atoms with Crippen molar-refractivity contribution < 1.29 is 14.3 Å². The van der Waals surface area contributed by atoms with Crippen LogP contribution in [-0.4, -0.2) is 54.0 Å². The van der Waals surface area contributed by atoms with Crippen LogP contribution >= 0.6 is 0 Å². The van der Waals surface area contributed by atoms with Crippen molar-refractivity contribution in [1.82, 2.24) is 9.80 Å². The number of rotatable bonds is 9. The molecule has 0 saturated carbocycles. The highest BCUT2D eigenvalue weighted by Gasteiger charge is 2.33. The zero-order chi connectivity index (χ0) is 29.4. The van der Waals surface area contributed by atoms with Crippen LogP contribution in [0.15, 0.2) is 109 Å². The van der Waals surface area contributed by atoms with Gasteiger partial charge in [0.2, 0.25) is 0 Å². The molecule has 2 N–H and O–H groups in total. The zero-order valence-corrected chi connectivity index (χ0v) is 24.3. The molecule has 0 aromatic heterocycles. The van der Waals surface area contributed by atoms with Crippen LogP contribution in [0, 0.1) is 0 Å². The van der Waals surface area contributed by atoms with E-state index >= 15 is 0 Å². The summed E-state index contributed by atoms with van der Waals surface area (Å²) < 4.78 is 6.74. The first kappa shape index (κ1) is 28.5. The van der Waals surface area contributed by atoms with Gasteiger partial charge in [-0.3, -0.25) is 4.79 Å². The summed E-state index contributed by atoms with van der Waals surface area (Å²) >= 11 is 0. The van der Waals surface area contributed by atoms with Gasteiger partial charge in [-0.15, -0.1) is 0 Å². The maximum absolute atomic E-state index is 14.3. The number of urea groups is 1. The molecule has 7 heteroatoms. The fourth-order valence-electron chi connectivity index (χ4n) is 6.11. The summed E-state index contributed by atoms with van der Waals surface area (Å²) in [5.41, 5.74) is 3.64. The second-order valence-corrected chi connectivity index (χ2v) is 11.3. The molecule has 1 atom stereocenters. The maximum Gasteiger partial charge on any atom is 0.323 e. The van der Waals surface area contributed by atoms with Crippen molar-refractivity contribution in [3.63, 3.8) is 0 Å². The Bertz CT molecular complexity index is 1470.